The number of methoxy groups -OCH3 is 1. The van der Waals surface area contributed by atoms with Gasteiger partial charge in [0.1, 0.15) is 5.82 Å². The van der Waals surface area contributed by atoms with Gasteiger partial charge in [0.05, 0.1) is 18.0 Å². The molecule has 1 amide bonds. The Morgan fingerprint density at radius 1 is 1.25 bits per heavy atom. The molecule has 0 aromatic carbocycles. The summed E-state index contributed by atoms with van der Waals surface area (Å²) in [6, 6.07) is 0. The second-order valence-corrected chi connectivity index (χ2v) is 6.33. The maximum absolute atomic E-state index is 12.4. The molecule has 134 valence electrons. The average Bonchev–Trinajstić information content (AvgIpc) is 2.60. The van der Waals surface area contributed by atoms with E-state index in [4.69, 9.17) is 4.74 Å². The number of hydrogen-bond acceptors (Lipinski definition) is 6. The Balaban J connectivity index is 1.79. The van der Waals surface area contributed by atoms with Gasteiger partial charge in [-0.3, -0.25) is 9.78 Å². The lowest BCUT2D eigenvalue weighted by Gasteiger charge is -2.36. The van der Waals surface area contributed by atoms with E-state index in [0.717, 1.165) is 56.5 Å². The van der Waals surface area contributed by atoms with E-state index in [2.05, 4.69) is 19.8 Å². The van der Waals surface area contributed by atoms with Crippen LogP contribution < -0.4 is 4.90 Å². The van der Waals surface area contributed by atoms with Crippen LogP contribution in [0, 0.1) is 13.8 Å². The minimum Gasteiger partial charge on any atom is -0.383 e. The number of rotatable bonds is 7. The highest BCUT2D eigenvalue weighted by atomic mass is 16.5. The van der Waals surface area contributed by atoms with Crippen molar-refractivity contribution in [2.75, 3.05) is 64.9 Å². The molecule has 0 atom stereocenters. The van der Waals surface area contributed by atoms with Crippen molar-refractivity contribution >= 4 is 11.7 Å². The van der Waals surface area contributed by atoms with Gasteiger partial charge in [-0.05, 0) is 20.9 Å². The van der Waals surface area contributed by atoms with Gasteiger partial charge in [0.15, 0.2) is 0 Å². The van der Waals surface area contributed by atoms with Crippen LogP contribution in [-0.4, -0.2) is 85.7 Å². The number of aromatic nitrogens is 2. The lowest BCUT2D eigenvalue weighted by molar-refractivity contribution is -0.131. The van der Waals surface area contributed by atoms with Gasteiger partial charge in [0, 0.05) is 59.0 Å². The number of carbonyl (C=O) groups is 1. The monoisotopic (exact) mass is 335 g/mol. The number of ether oxygens (including phenoxy) is 1. The molecule has 24 heavy (non-hydrogen) atoms. The third kappa shape index (κ3) is 5.14. The molecule has 0 aliphatic carbocycles. The number of amides is 1. The van der Waals surface area contributed by atoms with Gasteiger partial charge in [0.2, 0.25) is 5.91 Å². The maximum Gasteiger partial charge on any atom is 0.223 e. The highest BCUT2D eigenvalue weighted by Gasteiger charge is 2.23. The number of nitrogens with zero attached hydrogens (tertiary/aromatic N) is 5. The van der Waals surface area contributed by atoms with Crippen LogP contribution in [0.4, 0.5) is 5.82 Å². The van der Waals surface area contributed by atoms with Crippen LogP contribution in [0.25, 0.3) is 0 Å². The molecular formula is C17H29N5O2. The van der Waals surface area contributed by atoms with Crippen molar-refractivity contribution in [3.63, 3.8) is 0 Å². The van der Waals surface area contributed by atoms with Gasteiger partial charge in [-0.1, -0.05) is 0 Å². The molecule has 1 aromatic rings. The first-order valence-corrected chi connectivity index (χ1v) is 8.51. The van der Waals surface area contributed by atoms with Crippen LogP contribution >= 0.6 is 0 Å². The molecule has 2 heterocycles. The van der Waals surface area contributed by atoms with Crippen molar-refractivity contribution in [1.29, 1.82) is 0 Å². The van der Waals surface area contributed by atoms with Gasteiger partial charge in [-0.15, -0.1) is 0 Å². The largest absolute Gasteiger partial charge is 0.383 e. The third-order valence-electron chi connectivity index (χ3n) is 4.37. The fourth-order valence-electron chi connectivity index (χ4n) is 2.80. The minimum atomic E-state index is 0.228. The lowest BCUT2D eigenvalue weighted by Crippen LogP contribution is -2.49. The molecule has 0 unspecified atom stereocenters. The van der Waals surface area contributed by atoms with E-state index in [1.54, 1.807) is 13.3 Å². The number of anilines is 1. The summed E-state index contributed by atoms with van der Waals surface area (Å²) in [6.45, 7) is 9.36. The second kappa shape index (κ2) is 8.94. The molecule has 7 nitrogen and oxygen atoms in total. The minimum absolute atomic E-state index is 0.228. The quantitative estimate of drug-likeness (QED) is 0.731. The molecule has 0 N–H and O–H groups in total. The normalized spacial score (nSPS) is 15.2. The van der Waals surface area contributed by atoms with Crippen LogP contribution in [-0.2, 0) is 9.53 Å². The molecule has 1 fully saturated rings. The SMILES string of the molecule is COCCN(C)CCC(=O)N1CCN(c2nc(C)cnc2C)CC1. The molecule has 1 aliphatic heterocycles. The molecule has 2 rings (SSSR count). The fraction of sp³-hybridized carbons (Fsp3) is 0.706. The molecule has 1 aliphatic rings. The summed E-state index contributed by atoms with van der Waals surface area (Å²) in [5.74, 6) is 1.17. The summed E-state index contributed by atoms with van der Waals surface area (Å²) in [7, 11) is 3.71. The van der Waals surface area contributed by atoms with E-state index in [-0.39, 0.29) is 5.91 Å². The Hall–Kier alpha value is -1.73. The van der Waals surface area contributed by atoms with E-state index in [1.165, 1.54) is 0 Å². The van der Waals surface area contributed by atoms with Crippen molar-refractivity contribution < 1.29 is 9.53 Å². The van der Waals surface area contributed by atoms with Crippen LogP contribution in [0.2, 0.25) is 0 Å². The number of hydrogen-bond donors (Lipinski definition) is 0. The predicted molar refractivity (Wildman–Crippen MR) is 94.3 cm³/mol. The third-order valence-corrected chi connectivity index (χ3v) is 4.37. The molecule has 0 saturated carbocycles. The zero-order valence-electron chi connectivity index (χ0n) is 15.3. The lowest BCUT2D eigenvalue weighted by atomic mass is 10.2. The van der Waals surface area contributed by atoms with E-state index < -0.39 is 0 Å². The average molecular weight is 335 g/mol. The summed E-state index contributed by atoms with van der Waals surface area (Å²) in [6.07, 6.45) is 2.35. The molecule has 0 radical (unpaired) electrons. The summed E-state index contributed by atoms with van der Waals surface area (Å²) in [4.78, 5) is 27.7. The van der Waals surface area contributed by atoms with Gasteiger partial charge in [-0.2, -0.15) is 0 Å². The topological polar surface area (TPSA) is 61.8 Å². The van der Waals surface area contributed by atoms with Crippen LogP contribution in [0.5, 0.6) is 0 Å². The Kier molecular flexibility index (Phi) is 6.93. The van der Waals surface area contributed by atoms with Crippen molar-refractivity contribution in [1.82, 2.24) is 19.8 Å². The first-order valence-electron chi connectivity index (χ1n) is 8.51. The zero-order chi connectivity index (χ0) is 17.5. The van der Waals surface area contributed by atoms with Crippen molar-refractivity contribution in [3.05, 3.63) is 17.6 Å². The van der Waals surface area contributed by atoms with Crippen LogP contribution in [0.3, 0.4) is 0 Å². The Morgan fingerprint density at radius 3 is 2.62 bits per heavy atom. The predicted octanol–water partition coefficient (Wildman–Crippen LogP) is 0.710. The van der Waals surface area contributed by atoms with E-state index in [0.29, 0.717) is 13.0 Å². The van der Waals surface area contributed by atoms with Crippen LogP contribution in [0.15, 0.2) is 6.20 Å². The summed E-state index contributed by atoms with van der Waals surface area (Å²) >= 11 is 0. The standard InChI is InChI=1S/C17H29N5O2/c1-14-13-18-15(2)17(19-14)22-9-7-21(8-10-22)16(23)5-6-20(3)11-12-24-4/h13H,5-12H2,1-4H3. The summed E-state index contributed by atoms with van der Waals surface area (Å²) in [5, 5.41) is 0. The molecule has 1 aromatic heterocycles. The fourth-order valence-corrected chi connectivity index (χ4v) is 2.80. The van der Waals surface area contributed by atoms with Crippen molar-refractivity contribution in [3.8, 4) is 0 Å². The number of aryl methyl sites for hydroxylation is 2. The summed E-state index contributed by atoms with van der Waals surface area (Å²) in [5.41, 5.74) is 1.87. The van der Waals surface area contributed by atoms with Gasteiger partial charge in [-0.25, -0.2) is 4.98 Å². The second-order valence-electron chi connectivity index (χ2n) is 6.33. The Bertz CT molecular complexity index is 544. The highest BCUT2D eigenvalue weighted by Crippen LogP contribution is 2.17. The zero-order valence-corrected chi connectivity index (χ0v) is 15.3. The molecule has 0 spiro atoms. The van der Waals surface area contributed by atoms with E-state index in [1.807, 2.05) is 25.8 Å². The number of carbonyl (C=O) groups excluding carboxylic acids is 1. The van der Waals surface area contributed by atoms with Crippen LogP contribution in [0.1, 0.15) is 17.8 Å². The van der Waals surface area contributed by atoms with E-state index in [9.17, 15) is 4.79 Å². The Morgan fingerprint density at radius 2 is 1.96 bits per heavy atom. The summed E-state index contributed by atoms with van der Waals surface area (Å²) < 4.78 is 5.05. The molecule has 0 bridgehead atoms. The van der Waals surface area contributed by atoms with Gasteiger partial charge >= 0.3 is 0 Å². The first kappa shape index (κ1) is 18.6. The van der Waals surface area contributed by atoms with E-state index >= 15 is 0 Å². The van der Waals surface area contributed by atoms with Gasteiger partial charge in [0.25, 0.3) is 0 Å². The molecule has 1 saturated heterocycles. The molecule has 7 heteroatoms. The molecular weight excluding hydrogens is 306 g/mol. The number of piperazine rings is 1. The van der Waals surface area contributed by atoms with Crippen molar-refractivity contribution in [2.45, 2.75) is 20.3 Å². The number of likely N-dealkylation sites (N-methyl/N-ethyl adjacent to an activating group) is 1. The van der Waals surface area contributed by atoms with Crippen molar-refractivity contribution in [2.24, 2.45) is 0 Å². The highest BCUT2D eigenvalue weighted by molar-refractivity contribution is 5.76. The first-order chi connectivity index (χ1) is 11.5. The maximum atomic E-state index is 12.4. The smallest absolute Gasteiger partial charge is 0.223 e. The Labute approximate surface area is 144 Å². The van der Waals surface area contributed by atoms with Gasteiger partial charge < -0.3 is 19.4 Å².